The van der Waals surface area contributed by atoms with Crippen LogP contribution in [0.4, 0.5) is 120 Å². The van der Waals surface area contributed by atoms with Crippen LogP contribution in [0.3, 0.4) is 0 Å². The number of rotatable bonds is 10. The van der Waals surface area contributed by atoms with E-state index < -0.39 is 0 Å². The van der Waals surface area contributed by atoms with E-state index in [1.54, 1.807) is 0 Å². The molecule has 4 aliphatic rings. The summed E-state index contributed by atoms with van der Waals surface area (Å²) in [5, 5.41) is 0. The molecule has 4 aliphatic heterocycles. The number of fused-ring (bicyclic) bond motifs is 8. The number of pyridine rings is 1. The molecule has 9 heteroatoms. The van der Waals surface area contributed by atoms with E-state index in [4.69, 9.17) is 4.98 Å². The minimum Gasteiger partial charge on any atom is -0.311 e. The first-order valence-electron chi connectivity index (χ1n) is 29.3. The van der Waals surface area contributed by atoms with E-state index >= 15 is 0 Å². The van der Waals surface area contributed by atoms with Gasteiger partial charge < -0.3 is 24.5 Å². The van der Waals surface area contributed by atoms with Crippen molar-refractivity contribution in [1.82, 2.24) is 4.98 Å². The van der Waals surface area contributed by atoms with Crippen LogP contribution in [0, 0.1) is 0 Å². The van der Waals surface area contributed by atoms with Gasteiger partial charge in [-0.25, -0.2) is 4.98 Å². The van der Waals surface area contributed by atoms with E-state index in [0.717, 1.165) is 125 Å². The summed E-state index contributed by atoms with van der Waals surface area (Å²) in [5.74, 6) is 1.66. The van der Waals surface area contributed by atoms with Crippen molar-refractivity contribution in [2.45, 2.75) is 0 Å². The number of aromatic nitrogens is 1. The SMILES string of the molecule is c1ccc(N(c2ccccc2)c2cc3c4c(c2)N(c2ccccc2)c2cc5c(cc2N4c2ccccc2N3c2ccccc2)B2c3ccccc3N(c3ccccc3)c3cc(N(c4ccccc4)c4ccccc4)nc(c32)N5c2ccccc2)cc1. The molecule has 404 valence electrons. The largest absolute Gasteiger partial charge is 0.311 e. The van der Waals surface area contributed by atoms with Gasteiger partial charge in [0.15, 0.2) is 0 Å². The number of hydrogen-bond acceptors (Lipinski definition) is 8. The summed E-state index contributed by atoms with van der Waals surface area (Å²) in [6.45, 7) is -0.237. The van der Waals surface area contributed by atoms with Crippen LogP contribution in [-0.4, -0.2) is 11.7 Å². The van der Waals surface area contributed by atoms with Crippen molar-refractivity contribution in [2.24, 2.45) is 0 Å². The molecule has 86 heavy (non-hydrogen) atoms. The molecular formula is C77H53BN8. The van der Waals surface area contributed by atoms with Crippen LogP contribution in [-0.2, 0) is 0 Å². The monoisotopic (exact) mass is 1100 g/mol. The summed E-state index contributed by atoms with van der Waals surface area (Å²) in [4.78, 5) is 23.1. The van der Waals surface area contributed by atoms with Crippen LogP contribution < -0.4 is 50.7 Å². The first-order chi connectivity index (χ1) is 42.7. The summed E-state index contributed by atoms with van der Waals surface area (Å²) in [5.41, 5.74) is 23.5. The maximum atomic E-state index is 6.04. The first-order valence-corrected chi connectivity index (χ1v) is 29.3. The van der Waals surface area contributed by atoms with Gasteiger partial charge in [-0.1, -0.05) is 176 Å². The Morgan fingerprint density at radius 3 is 1.10 bits per heavy atom. The number of benzene rings is 12. The lowest BCUT2D eigenvalue weighted by Gasteiger charge is -2.49. The molecule has 0 bridgehead atoms. The average molecular weight is 1100 g/mol. The van der Waals surface area contributed by atoms with Gasteiger partial charge in [0.05, 0.1) is 45.5 Å². The van der Waals surface area contributed by atoms with E-state index in [9.17, 15) is 0 Å². The van der Waals surface area contributed by atoms with Crippen LogP contribution in [0.2, 0.25) is 0 Å². The van der Waals surface area contributed by atoms with Gasteiger partial charge >= 0.3 is 0 Å². The van der Waals surface area contributed by atoms with E-state index in [-0.39, 0.29) is 6.71 Å². The fraction of sp³-hybridized carbons (Fsp3) is 0. The molecule has 8 nitrogen and oxygen atoms in total. The third-order valence-electron chi connectivity index (χ3n) is 17.1. The summed E-state index contributed by atoms with van der Waals surface area (Å²) < 4.78 is 0. The Hall–Kier alpha value is -11.5. The van der Waals surface area contributed by atoms with Gasteiger partial charge in [0.1, 0.15) is 11.6 Å². The number of anilines is 21. The third-order valence-corrected chi connectivity index (χ3v) is 17.1. The molecule has 5 heterocycles. The maximum absolute atomic E-state index is 6.04. The number of nitrogens with zero attached hydrogens (tertiary/aromatic N) is 8. The van der Waals surface area contributed by atoms with Gasteiger partial charge in [-0.3, -0.25) is 9.80 Å². The molecule has 13 aromatic rings. The van der Waals surface area contributed by atoms with Crippen molar-refractivity contribution >= 4 is 143 Å². The van der Waals surface area contributed by atoms with Crippen molar-refractivity contribution in [1.29, 1.82) is 0 Å². The Labute approximate surface area is 500 Å². The first kappa shape index (κ1) is 49.1. The molecule has 0 N–H and O–H groups in total. The Morgan fingerprint density at radius 2 is 0.616 bits per heavy atom. The van der Waals surface area contributed by atoms with Gasteiger partial charge in [-0.05, 0) is 156 Å². The highest BCUT2D eigenvalue weighted by molar-refractivity contribution is 7.00. The minimum atomic E-state index is -0.237. The van der Waals surface area contributed by atoms with Gasteiger partial charge in [-0.2, -0.15) is 0 Å². The maximum Gasteiger partial charge on any atom is 0.254 e. The highest BCUT2D eigenvalue weighted by Gasteiger charge is 2.48. The predicted octanol–water partition coefficient (Wildman–Crippen LogP) is 19.1. The van der Waals surface area contributed by atoms with Crippen LogP contribution in [0.15, 0.2) is 322 Å². The van der Waals surface area contributed by atoms with Crippen LogP contribution in [0.5, 0.6) is 0 Å². The zero-order valence-corrected chi connectivity index (χ0v) is 46.8. The minimum absolute atomic E-state index is 0.237. The van der Waals surface area contributed by atoms with Crippen molar-refractivity contribution in [3.63, 3.8) is 0 Å². The Morgan fingerprint density at radius 1 is 0.244 bits per heavy atom. The van der Waals surface area contributed by atoms with E-state index in [0.29, 0.717) is 0 Å². The lowest BCUT2D eigenvalue weighted by atomic mass is 9.33. The molecule has 0 saturated carbocycles. The van der Waals surface area contributed by atoms with Crippen LogP contribution in [0.1, 0.15) is 0 Å². The topological polar surface area (TPSA) is 35.6 Å². The lowest BCUT2D eigenvalue weighted by molar-refractivity contribution is 1.10. The van der Waals surface area contributed by atoms with Crippen molar-refractivity contribution in [3.8, 4) is 0 Å². The second-order valence-corrected chi connectivity index (χ2v) is 22.0. The van der Waals surface area contributed by atoms with Crippen molar-refractivity contribution in [2.75, 3.05) is 34.3 Å². The molecular weight excluding hydrogens is 1050 g/mol. The highest BCUT2D eigenvalue weighted by Crippen LogP contribution is 2.65. The molecule has 0 fully saturated rings. The Kier molecular flexibility index (Phi) is 11.5. The Balaban J connectivity index is 0.995. The molecule has 0 amide bonds. The lowest BCUT2D eigenvalue weighted by Crippen LogP contribution is -2.61. The van der Waals surface area contributed by atoms with Gasteiger partial charge in [-0.15, -0.1) is 0 Å². The van der Waals surface area contributed by atoms with Crippen LogP contribution in [0.25, 0.3) is 0 Å². The summed E-state index contributed by atoms with van der Waals surface area (Å²) in [6.07, 6.45) is 0. The van der Waals surface area contributed by atoms with E-state index in [1.165, 1.54) is 10.9 Å². The fourth-order valence-corrected chi connectivity index (χ4v) is 13.6. The van der Waals surface area contributed by atoms with Gasteiger partial charge in [0, 0.05) is 68.6 Å². The normalized spacial score (nSPS) is 13.0. The molecule has 12 aromatic carbocycles. The zero-order valence-electron chi connectivity index (χ0n) is 46.8. The predicted molar refractivity (Wildman–Crippen MR) is 359 cm³/mol. The molecule has 0 unspecified atom stereocenters. The van der Waals surface area contributed by atoms with Crippen LogP contribution >= 0.6 is 0 Å². The summed E-state index contributed by atoms with van der Waals surface area (Å²) >= 11 is 0. The van der Waals surface area contributed by atoms with E-state index in [2.05, 4.69) is 356 Å². The molecule has 17 rings (SSSR count). The Bertz CT molecular complexity index is 4300. The number of hydrogen-bond donors (Lipinski definition) is 0. The molecule has 0 saturated heterocycles. The average Bonchev–Trinajstić information content (AvgIpc) is 0.707. The zero-order chi connectivity index (χ0) is 56.7. The molecule has 0 atom stereocenters. The second kappa shape index (κ2) is 20.1. The van der Waals surface area contributed by atoms with Crippen molar-refractivity contribution < 1.29 is 0 Å². The molecule has 1 aromatic heterocycles. The van der Waals surface area contributed by atoms with Gasteiger partial charge in [0.25, 0.3) is 6.71 Å². The fourth-order valence-electron chi connectivity index (χ4n) is 13.6. The molecule has 0 radical (unpaired) electrons. The van der Waals surface area contributed by atoms with Crippen molar-refractivity contribution in [3.05, 3.63) is 322 Å². The van der Waals surface area contributed by atoms with Gasteiger partial charge in [0.2, 0.25) is 0 Å². The summed E-state index contributed by atoms with van der Waals surface area (Å²) in [6, 6.07) is 116. The highest BCUT2D eigenvalue weighted by atomic mass is 15.3. The quantitative estimate of drug-likeness (QED) is 0.125. The van der Waals surface area contributed by atoms with E-state index in [1.807, 2.05) is 0 Å². The number of para-hydroxylation sites is 11. The second-order valence-electron chi connectivity index (χ2n) is 22.0. The molecule has 0 aliphatic carbocycles. The third kappa shape index (κ3) is 7.75. The standard InChI is InChI=1S/C77H53BN8/c1-9-29-54(30-10-1)80(55-31-11-2-12-32-55)62-49-72-76-73(50-62)84(60-41-21-7-22-42-60)70-52-68-64(51-69(70)86(76)67-48-28-27-47-66(67)83(72)59-39-19-6-20-40-59)78-63-45-25-26-46-65(63)82(58-37-17-5-18-38-58)71-53-74(79-77(75(71)78)85(68)61-43-23-8-24-44-61)81(56-33-13-3-14-34-56)57-35-15-4-16-36-57/h1-53H. The molecule has 0 spiro atoms. The smallest absolute Gasteiger partial charge is 0.254 e. The summed E-state index contributed by atoms with van der Waals surface area (Å²) in [7, 11) is 0.